The molecule has 3 rings (SSSR count). The first-order chi connectivity index (χ1) is 19.7. The second-order valence-corrected chi connectivity index (χ2v) is 10.4. The number of aliphatic hydroxyl groups is 1. The standard InChI is InChI=1S/C30H41F2N3O3.CH2O2/c1-3-5-10-35-11-9-22(17-30(35)38)16-29(37)34-27(15-24-13-25(31)18-26(32)14-24)28(36)20-33-19-23-8-6-7-21(4-2)12-23;2-1-3/h6-8,12-14,18,22,27-28,33,36H,3-5,9-11,15-17,19-20H2,1-2H3,(H,34,37);1H,(H,2,3)/t22?,27-,28+;/m0./s1. The zero-order valence-corrected chi connectivity index (χ0v) is 24.0. The van der Waals surface area contributed by atoms with Gasteiger partial charge in [0.05, 0.1) is 12.1 Å². The lowest BCUT2D eigenvalue weighted by Gasteiger charge is -2.32. The Balaban J connectivity index is 0.00000187. The number of hydrogen-bond acceptors (Lipinski definition) is 5. The van der Waals surface area contributed by atoms with Crippen LogP contribution in [0.4, 0.5) is 8.78 Å². The number of nitrogens with one attached hydrogen (secondary N) is 2. The molecule has 0 radical (unpaired) electrons. The highest BCUT2D eigenvalue weighted by Gasteiger charge is 2.29. The number of benzene rings is 2. The number of aryl methyl sites for hydroxylation is 1. The normalized spacial score (nSPS) is 16.4. The molecule has 10 heteroatoms. The van der Waals surface area contributed by atoms with E-state index in [0.717, 1.165) is 43.9 Å². The Labute approximate surface area is 241 Å². The van der Waals surface area contributed by atoms with Gasteiger partial charge in [-0.25, -0.2) is 8.78 Å². The van der Waals surface area contributed by atoms with Crippen LogP contribution in [0.25, 0.3) is 0 Å². The molecule has 0 saturated carbocycles. The summed E-state index contributed by atoms with van der Waals surface area (Å²) >= 11 is 0. The van der Waals surface area contributed by atoms with Gasteiger partial charge < -0.3 is 25.7 Å². The van der Waals surface area contributed by atoms with Crippen molar-refractivity contribution in [2.75, 3.05) is 19.6 Å². The molecule has 0 aromatic heterocycles. The molecule has 2 amide bonds. The number of likely N-dealkylation sites (tertiary alicyclic amines) is 1. The van der Waals surface area contributed by atoms with E-state index < -0.39 is 23.8 Å². The monoisotopic (exact) mass is 575 g/mol. The summed E-state index contributed by atoms with van der Waals surface area (Å²) in [5.74, 6) is -1.68. The van der Waals surface area contributed by atoms with Crippen LogP contribution in [0.1, 0.15) is 62.6 Å². The molecule has 3 atom stereocenters. The van der Waals surface area contributed by atoms with E-state index in [1.807, 2.05) is 17.0 Å². The highest BCUT2D eigenvalue weighted by Crippen LogP contribution is 2.22. The number of hydrogen-bond donors (Lipinski definition) is 4. The summed E-state index contributed by atoms with van der Waals surface area (Å²) in [5, 5.41) is 24.0. The van der Waals surface area contributed by atoms with Crippen molar-refractivity contribution in [1.82, 2.24) is 15.5 Å². The molecule has 1 unspecified atom stereocenters. The fourth-order valence-corrected chi connectivity index (χ4v) is 4.96. The van der Waals surface area contributed by atoms with Gasteiger partial charge in [0.15, 0.2) is 0 Å². The number of nitrogens with zero attached hydrogens (tertiary/aromatic N) is 1. The molecule has 1 aliphatic rings. The molecule has 41 heavy (non-hydrogen) atoms. The van der Waals surface area contributed by atoms with Crippen LogP contribution in [0.2, 0.25) is 0 Å². The largest absolute Gasteiger partial charge is 0.483 e. The van der Waals surface area contributed by atoms with Gasteiger partial charge in [-0.2, -0.15) is 0 Å². The minimum atomic E-state index is -0.989. The first-order valence-electron chi connectivity index (χ1n) is 14.3. The summed E-state index contributed by atoms with van der Waals surface area (Å²) in [7, 11) is 0. The number of aliphatic hydroxyl groups excluding tert-OH is 1. The summed E-state index contributed by atoms with van der Waals surface area (Å²) in [5.41, 5.74) is 2.65. The number of piperidine rings is 1. The highest BCUT2D eigenvalue weighted by atomic mass is 19.1. The van der Waals surface area contributed by atoms with Crippen LogP contribution < -0.4 is 10.6 Å². The van der Waals surface area contributed by atoms with E-state index in [0.29, 0.717) is 25.1 Å². The van der Waals surface area contributed by atoms with Gasteiger partial charge in [0.2, 0.25) is 11.8 Å². The lowest BCUT2D eigenvalue weighted by Crippen LogP contribution is -2.49. The van der Waals surface area contributed by atoms with Crippen molar-refractivity contribution in [2.45, 2.75) is 77.5 Å². The Kier molecular flexibility index (Phi) is 15.0. The molecule has 1 saturated heterocycles. The van der Waals surface area contributed by atoms with Crippen molar-refractivity contribution < 1.29 is 33.4 Å². The Bertz CT molecular complexity index is 1100. The third-order valence-electron chi connectivity index (χ3n) is 7.15. The number of carbonyl (C=O) groups is 3. The maximum atomic E-state index is 13.8. The third kappa shape index (κ3) is 12.4. The van der Waals surface area contributed by atoms with Crippen molar-refractivity contribution in [3.05, 3.63) is 70.8 Å². The molecular weight excluding hydrogens is 532 g/mol. The van der Waals surface area contributed by atoms with E-state index >= 15 is 0 Å². The van der Waals surface area contributed by atoms with E-state index in [1.54, 1.807) is 0 Å². The molecular formula is C31H43F2N3O5. The van der Waals surface area contributed by atoms with Crippen molar-refractivity contribution in [2.24, 2.45) is 5.92 Å². The summed E-state index contributed by atoms with van der Waals surface area (Å²) in [6, 6.07) is 10.6. The summed E-state index contributed by atoms with van der Waals surface area (Å²) in [6.07, 6.45) is 3.26. The lowest BCUT2D eigenvalue weighted by molar-refractivity contribution is -0.136. The van der Waals surface area contributed by atoms with Crippen LogP contribution in [-0.2, 0) is 33.8 Å². The van der Waals surface area contributed by atoms with E-state index in [-0.39, 0.29) is 43.6 Å². The fourth-order valence-electron chi connectivity index (χ4n) is 4.96. The van der Waals surface area contributed by atoms with E-state index in [9.17, 15) is 23.5 Å². The number of carbonyl (C=O) groups excluding carboxylic acids is 2. The van der Waals surface area contributed by atoms with Gasteiger partial charge in [0.1, 0.15) is 11.6 Å². The van der Waals surface area contributed by atoms with Gasteiger partial charge in [0.25, 0.3) is 6.47 Å². The number of halogens is 2. The van der Waals surface area contributed by atoms with Crippen molar-refractivity contribution in [1.29, 1.82) is 0 Å². The van der Waals surface area contributed by atoms with Gasteiger partial charge in [-0.15, -0.1) is 0 Å². The second-order valence-electron chi connectivity index (χ2n) is 10.4. The Morgan fingerprint density at radius 3 is 2.44 bits per heavy atom. The molecule has 0 aliphatic carbocycles. The molecule has 1 fully saturated rings. The van der Waals surface area contributed by atoms with Crippen LogP contribution in [0.5, 0.6) is 0 Å². The predicted molar refractivity (Wildman–Crippen MR) is 153 cm³/mol. The lowest BCUT2D eigenvalue weighted by atomic mass is 9.92. The Morgan fingerprint density at radius 2 is 1.80 bits per heavy atom. The van der Waals surface area contributed by atoms with E-state index in [2.05, 4.69) is 36.6 Å². The zero-order valence-electron chi connectivity index (χ0n) is 24.0. The molecule has 8 nitrogen and oxygen atoms in total. The average Bonchev–Trinajstić information content (AvgIpc) is 2.92. The predicted octanol–water partition coefficient (Wildman–Crippen LogP) is 3.83. The summed E-state index contributed by atoms with van der Waals surface area (Å²) < 4.78 is 27.6. The SMILES string of the molecule is CCCCN1CCC(CC(=O)N[C@@H](Cc2cc(F)cc(F)c2)[C@H](O)CNCc2cccc(CC)c2)CC1=O.O=CO. The van der Waals surface area contributed by atoms with Crippen LogP contribution in [-0.4, -0.2) is 65.2 Å². The fraction of sp³-hybridized carbons (Fsp3) is 0.516. The Hall–Kier alpha value is -3.37. The van der Waals surface area contributed by atoms with Crippen LogP contribution in [0, 0.1) is 17.6 Å². The molecule has 1 aliphatic heterocycles. The molecule has 0 bridgehead atoms. The van der Waals surface area contributed by atoms with Crippen LogP contribution in [0.15, 0.2) is 42.5 Å². The maximum absolute atomic E-state index is 13.8. The zero-order chi connectivity index (χ0) is 30.2. The van der Waals surface area contributed by atoms with E-state index in [1.165, 1.54) is 17.7 Å². The molecule has 4 N–H and O–H groups in total. The molecule has 2 aromatic carbocycles. The van der Waals surface area contributed by atoms with Crippen LogP contribution in [0.3, 0.4) is 0 Å². The minimum absolute atomic E-state index is 0.0613. The second kappa shape index (κ2) is 18.1. The highest BCUT2D eigenvalue weighted by molar-refractivity contribution is 5.80. The van der Waals surface area contributed by atoms with Gasteiger partial charge >= 0.3 is 0 Å². The molecule has 1 heterocycles. The molecule has 226 valence electrons. The van der Waals surface area contributed by atoms with Gasteiger partial charge in [-0.05, 0) is 60.4 Å². The first kappa shape index (κ1) is 33.8. The number of amides is 2. The van der Waals surface area contributed by atoms with Gasteiger partial charge in [0, 0.05) is 45.1 Å². The Morgan fingerprint density at radius 1 is 1.12 bits per heavy atom. The molecule has 2 aromatic rings. The smallest absolute Gasteiger partial charge is 0.290 e. The van der Waals surface area contributed by atoms with Crippen molar-refractivity contribution >= 4 is 18.3 Å². The number of carboxylic acid groups (broad SMARTS) is 1. The van der Waals surface area contributed by atoms with Gasteiger partial charge in [-0.3, -0.25) is 14.4 Å². The topological polar surface area (TPSA) is 119 Å². The first-order valence-corrected chi connectivity index (χ1v) is 14.3. The number of rotatable bonds is 14. The van der Waals surface area contributed by atoms with Crippen molar-refractivity contribution in [3.63, 3.8) is 0 Å². The minimum Gasteiger partial charge on any atom is -0.483 e. The maximum Gasteiger partial charge on any atom is 0.290 e. The summed E-state index contributed by atoms with van der Waals surface area (Å²) in [4.78, 5) is 35.7. The van der Waals surface area contributed by atoms with Crippen molar-refractivity contribution in [3.8, 4) is 0 Å². The van der Waals surface area contributed by atoms with E-state index in [4.69, 9.17) is 9.90 Å². The third-order valence-corrected chi connectivity index (χ3v) is 7.15. The number of unbranched alkanes of at least 4 members (excludes halogenated alkanes) is 1. The average molecular weight is 576 g/mol. The van der Waals surface area contributed by atoms with Gasteiger partial charge in [-0.1, -0.05) is 44.5 Å². The molecule has 0 spiro atoms. The summed E-state index contributed by atoms with van der Waals surface area (Å²) in [6.45, 7) is 6.05. The quantitative estimate of drug-likeness (QED) is 0.254. The van der Waals surface area contributed by atoms with Crippen LogP contribution >= 0.6 is 0 Å².